The molecule has 2 unspecified atom stereocenters. The van der Waals surface area contributed by atoms with Gasteiger partial charge in [0, 0.05) is 23.6 Å². The number of aromatic nitrogens is 1. The molecule has 1 aromatic carbocycles. The summed E-state index contributed by atoms with van der Waals surface area (Å²) in [6, 6.07) is 4.93. The normalized spacial score (nSPS) is 18.4. The summed E-state index contributed by atoms with van der Waals surface area (Å²) in [5.74, 6) is -0.315. The second-order valence-electron chi connectivity index (χ2n) is 6.70. The van der Waals surface area contributed by atoms with Crippen LogP contribution in [0.3, 0.4) is 0 Å². The molecule has 0 radical (unpaired) electrons. The van der Waals surface area contributed by atoms with Gasteiger partial charge in [0.25, 0.3) is 5.91 Å². The Labute approximate surface area is 159 Å². The minimum Gasteiger partial charge on any atom is -0.378 e. The summed E-state index contributed by atoms with van der Waals surface area (Å²) < 4.78 is 44.1. The third-order valence-electron chi connectivity index (χ3n) is 4.50. The van der Waals surface area contributed by atoms with Gasteiger partial charge in [-0.15, -0.1) is 11.3 Å². The summed E-state index contributed by atoms with van der Waals surface area (Å²) in [4.78, 5) is 16.6. The first-order valence-electron chi connectivity index (χ1n) is 8.88. The summed E-state index contributed by atoms with van der Waals surface area (Å²) in [5.41, 5.74) is -0.166. The number of nitrogens with one attached hydrogen (secondary N) is 1. The first kappa shape index (κ1) is 19.8. The number of thiazole rings is 1. The number of amides is 1. The topological polar surface area (TPSA) is 51.2 Å². The van der Waals surface area contributed by atoms with Gasteiger partial charge in [-0.2, -0.15) is 13.2 Å². The molecular weight excluding hydrogens is 377 g/mol. The Morgan fingerprint density at radius 2 is 2.26 bits per heavy atom. The van der Waals surface area contributed by atoms with Gasteiger partial charge in [0.15, 0.2) is 0 Å². The quantitative estimate of drug-likeness (QED) is 0.753. The number of rotatable bonds is 6. The average Bonchev–Trinajstić information content (AvgIpc) is 3.31. The molecule has 1 aromatic heterocycles. The van der Waals surface area contributed by atoms with Gasteiger partial charge in [0.2, 0.25) is 0 Å². The average molecular weight is 398 g/mol. The Balaban J connectivity index is 1.60. The van der Waals surface area contributed by atoms with Crippen molar-refractivity contribution in [3.8, 4) is 10.6 Å². The number of halogens is 3. The van der Waals surface area contributed by atoms with Crippen LogP contribution in [0.5, 0.6) is 0 Å². The van der Waals surface area contributed by atoms with E-state index in [1.807, 2.05) is 6.92 Å². The molecule has 1 fully saturated rings. The molecule has 1 saturated heterocycles. The van der Waals surface area contributed by atoms with Crippen LogP contribution in [0.15, 0.2) is 29.6 Å². The molecule has 2 heterocycles. The number of carbonyl (C=O) groups excluding carboxylic acids is 1. The number of benzene rings is 1. The third-order valence-corrected chi connectivity index (χ3v) is 5.39. The van der Waals surface area contributed by atoms with Crippen molar-refractivity contribution < 1.29 is 22.7 Å². The first-order chi connectivity index (χ1) is 12.8. The molecule has 4 nitrogen and oxygen atoms in total. The van der Waals surface area contributed by atoms with Crippen molar-refractivity contribution in [2.24, 2.45) is 0 Å². The molecule has 146 valence electrons. The number of hydrogen-bond donors (Lipinski definition) is 1. The second kappa shape index (κ2) is 8.39. The molecule has 2 atom stereocenters. The molecule has 1 aliphatic heterocycles. The minimum absolute atomic E-state index is 0.0274. The molecule has 1 amide bonds. The molecule has 1 N–H and O–H groups in total. The predicted molar refractivity (Wildman–Crippen MR) is 97.7 cm³/mol. The van der Waals surface area contributed by atoms with E-state index in [0.717, 1.165) is 55.8 Å². The molecule has 8 heteroatoms. The Morgan fingerprint density at radius 1 is 1.44 bits per heavy atom. The van der Waals surface area contributed by atoms with Crippen LogP contribution in [0.2, 0.25) is 0 Å². The van der Waals surface area contributed by atoms with Crippen LogP contribution < -0.4 is 5.32 Å². The van der Waals surface area contributed by atoms with E-state index in [1.165, 1.54) is 6.07 Å². The van der Waals surface area contributed by atoms with Crippen molar-refractivity contribution in [3.05, 3.63) is 40.9 Å². The van der Waals surface area contributed by atoms with Crippen molar-refractivity contribution in [1.82, 2.24) is 10.3 Å². The van der Waals surface area contributed by atoms with Gasteiger partial charge in [-0.05, 0) is 44.7 Å². The van der Waals surface area contributed by atoms with E-state index >= 15 is 0 Å². The second-order valence-corrected chi connectivity index (χ2v) is 7.56. The van der Waals surface area contributed by atoms with Gasteiger partial charge in [0.1, 0.15) is 10.7 Å². The van der Waals surface area contributed by atoms with E-state index in [4.69, 9.17) is 4.74 Å². The van der Waals surface area contributed by atoms with Crippen molar-refractivity contribution in [1.29, 1.82) is 0 Å². The first-order valence-corrected chi connectivity index (χ1v) is 9.76. The summed E-state index contributed by atoms with van der Waals surface area (Å²) in [5, 5.41) is 4.84. The fourth-order valence-corrected chi connectivity index (χ4v) is 3.81. The lowest BCUT2D eigenvalue weighted by atomic mass is 10.1. The summed E-state index contributed by atoms with van der Waals surface area (Å²) >= 11 is 1.15. The SMILES string of the molecule is CC(CCC1CCCO1)NC(=O)c1csc(-c2cccc(C(F)(F)F)c2)n1. The summed E-state index contributed by atoms with van der Waals surface area (Å²) in [7, 11) is 0. The number of nitrogens with zero attached hydrogens (tertiary/aromatic N) is 1. The Kier molecular flexibility index (Phi) is 6.16. The minimum atomic E-state index is -4.41. The molecule has 1 aliphatic rings. The van der Waals surface area contributed by atoms with E-state index < -0.39 is 11.7 Å². The highest BCUT2D eigenvalue weighted by atomic mass is 32.1. The van der Waals surface area contributed by atoms with E-state index in [9.17, 15) is 18.0 Å². The molecule has 0 bridgehead atoms. The fourth-order valence-electron chi connectivity index (χ4n) is 3.02. The van der Waals surface area contributed by atoms with Crippen molar-refractivity contribution in [2.45, 2.75) is 50.9 Å². The summed E-state index contributed by atoms with van der Waals surface area (Å²) in [6.07, 6.45) is -0.285. The monoisotopic (exact) mass is 398 g/mol. The van der Waals surface area contributed by atoms with Crippen LogP contribution in [-0.2, 0) is 10.9 Å². The van der Waals surface area contributed by atoms with Crippen LogP contribution in [-0.4, -0.2) is 29.6 Å². The van der Waals surface area contributed by atoms with Gasteiger partial charge in [-0.25, -0.2) is 4.98 Å². The smallest absolute Gasteiger partial charge is 0.378 e. The van der Waals surface area contributed by atoms with Crippen LogP contribution >= 0.6 is 11.3 Å². The lowest BCUT2D eigenvalue weighted by Crippen LogP contribution is -2.33. The predicted octanol–water partition coefficient (Wildman–Crippen LogP) is 4.91. The van der Waals surface area contributed by atoms with E-state index in [-0.39, 0.29) is 23.7 Å². The molecule has 3 rings (SSSR count). The van der Waals surface area contributed by atoms with Crippen molar-refractivity contribution in [2.75, 3.05) is 6.61 Å². The highest BCUT2D eigenvalue weighted by molar-refractivity contribution is 7.13. The maximum Gasteiger partial charge on any atom is 0.416 e. The number of alkyl halides is 3. The standard InChI is InChI=1S/C19H21F3N2O2S/c1-12(7-8-15-6-3-9-26-15)23-17(25)16-11-27-18(24-16)13-4-2-5-14(10-13)19(20,21)22/h2,4-5,10-12,15H,3,6-9H2,1H3,(H,23,25). The Bertz CT molecular complexity index is 785. The fraction of sp³-hybridized carbons (Fsp3) is 0.474. The van der Waals surface area contributed by atoms with Gasteiger partial charge in [-0.3, -0.25) is 4.79 Å². The van der Waals surface area contributed by atoms with E-state index in [1.54, 1.807) is 11.4 Å². The molecule has 27 heavy (non-hydrogen) atoms. The molecular formula is C19H21F3N2O2S. The molecule has 2 aromatic rings. The number of carbonyl (C=O) groups is 1. The molecule has 0 aliphatic carbocycles. The zero-order chi connectivity index (χ0) is 19.4. The van der Waals surface area contributed by atoms with Gasteiger partial charge >= 0.3 is 6.18 Å². The molecule has 0 saturated carbocycles. The third kappa shape index (κ3) is 5.29. The molecule has 0 spiro atoms. The zero-order valence-corrected chi connectivity index (χ0v) is 15.7. The van der Waals surface area contributed by atoms with Crippen LogP contribution in [0.1, 0.15) is 48.7 Å². The van der Waals surface area contributed by atoms with Crippen LogP contribution in [0, 0.1) is 0 Å². The van der Waals surface area contributed by atoms with Gasteiger partial charge in [0.05, 0.1) is 11.7 Å². The van der Waals surface area contributed by atoms with Gasteiger partial charge < -0.3 is 10.1 Å². The van der Waals surface area contributed by atoms with E-state index in [0.29, 0.717) is 10.6 Å². The Hall–Kier alpha value is -1.93. The maximum atomic E-state index is 12.9. The highest BCUT2D eigenvalue weighted by Gasteiger charge is 2.30. The van der Waals surface area contributed by atoms with E-state index in [2.05, 4.69) is 10.3 Å². The number of ether oxygens (including phenoxy) is 1. The summed E-state index contributed by atoms with van der Waals surface area (Å²) in [6.45, 7) is 2.73. The highest BCUT2D eigenvalue weighted by Crippen LogP contribution is 2.33. The van der Waals surface area contributed by atoms with Crippen molar-refractivity contribution >= 4 is 17.2 Å². The maximum absolute atomic E-state index is 12.9. The van der Waals surface area contributed by atoms with Gasteiger partial charge in [-0.1, -0.05) is 12.1 Å². The lowest BCUT2D eigenvalue weighted by Gasteiger charge is -2.15. The largest absolute Gasteiger partial charge is 0.416 e. The lowest BCUT2D eigenvalue weighted by molar-refractivity contribution is -0.137. The zero-order valence-electron chi connectivity index (χ0n) is 14.9. The number of hydrogen-bond acceptors (Lipinski definition) is 4. The Morgan fingerprint density at radius 3 is 2.96 bits per heavy atom. The van der Waals surface area contributed by atoms with Crippen LogP contribution in [0.25, 0.3) is 10.6 Å². The van der Waals surface area contributed by atoms with Crippen LogP contribution in [0.4, 0.5) is 13.2 Å². The van der Waals surface area contributed by atoms with Crippen molar-refractivity contribution in [3.63, 3.8) is 0 Å².